The van der Waals surface area contributed by atoms with Gasteiger partial charge in [0.25, 0.3) is 10.0 Å². The summed E-state index contributed by atoms with van der Waals surface area (Å²) in [6.07, 6.45) is 0. The van der Waals surface area contributed by atoms with Crippen molar-refractivity contribution < 1.29 is 26.8 Å². The molecule has 0 spiro atoms. The maximum absolute atomic E-state index is 13.5. The first-order chi connectivity index (χ1) is 15.5. The van der Waals surface area contributed by atoms with Gasteiger partial charge in [0.05, 0.1) is 31.8 Å². The van der Waals surface area contributed by atoms with E-state index >= 15 is 0 Å². The summed E-state index contributed by atoms with van der Waals surface area (Å²) < 4.78 is 56.6. The van der Waals surface area contributed by atoms with E-state index in [-0.39, 0.29) is 24.7 Å². The lowest BCUT2D eigenvalue weighted by molar-refractivity contribution is 0.230. The molecule has 0 atom stereocenters. The highest BCUT2D eigenvalue weighted by Crippen LogP contribution is 2.46. The Balaban J connectivity index is 2.53. The van der Waals surface area contributed by atoms with Crippen molar-refractivity contribution in [2.24, 2.45) is 0 Å². The van der Waals surface area contributed by atoms with Crippen LogP contribution in [-0.4, -0.2) is 39.6 Å². The average molecular weight is 494 g/mol. The Morgan fingerprint density at radius 3 is 2.00 bits per heavy atom. The van der Waals surface area contributed by atoms with Gasteiger partial charge in [0.2, 0.25) is 0 Å². The van der Waals surface area contributed by atoms with Crippen LogP contribution < -0.4 is 4.74 Å². The molecule has 0 N–H and O–H groups in total. The third-order valence-electron chi connectivity index (χ3n) is 4.93. The van der Waals surface area contributed by atoms with E-state index in [1.54, 1.807) is 33.1 Å². The van der Waals surface area contributed by atoms with Gasteiger partial charge in [0, 0.05) is 17.1 Å². The number of rotatable bonds is 10. The van der Waals surface area contributed by atoms with Gasteiger partial charge in [-0.1, -0.05) is 43.7 Å². The molecule has 0 aliphatic carbocycles. The highest BCUT2D eigenvalue weighted by molar-refractivity contribution is 7.89. The molecule has 2 rings (SSSR count). The average Bonchev–Trinajstić information content (AvgIpc) is 2.77. The van der Waals surface area contributed by atoms with Gasteiger partial charge in [-0.2, -0.15) is 0 Å². The maximum Gasteiger partial charge on any atom is 0.407 e. The molecule has 0 radical (unpaired) electrons. The molecule has 2 aromatic rings. The predicted molar refractivity (Wildman–Crippen MR) is 130 cm³/mol. The zero-order valence-electron chi connectivity index (χ0n) is 20.0. The number of benzene rings is 2. The lowest BCUT2D eigenvalue weighted by atomic mass is 9.84. The second-order valence-electron chi connectivity index (χ2n) is 7.99. The Morgan fingerprint density at radius 1 is 0.970 bits per heavy atom. The summed E-state index contributed by atoms with van der Waals surface area (Å²) in [6.45, 7) is 9.30. The number of hydrogen-bond acceptors (Lipinski definition) is 6. The second kappa shape index (κ2) is 11.2. The number of nitrogens with zero attached hydrogens (tertiary/aromatic N) is 1. The van der Waals surface area contributed by atoms with Crippen molar-refractivity contribution in [3.05, 3.63) is 59.7 Å². The molecule has 0 aliphatic rings. The highest BCUT2D eigenvalue weighted by atomic mass is 32.2. The number of hydrogen-bond donors (Lipinski definition) is 0. The second-order valence-corrected chi connectivity index (χ2v) is 11.6. The van der Waals surface area contributed by atoms with Gasteiger partial charge in [0.1, 0.15) is 5.75 Å². The first-order valence-corrected chi connectivity index (χ1v) is 13.6. The van der Waals surface area contributed by atoms with Gasteiger partial charge in [-0.15, -0.1) is 0 Å². The van der Waals surface area contributed by atoms with Crippen LogP contribution in [0.15, 0.2) is 53.4 Å². The molecule has 2 aromatic carbocycles. The normalized spacial score (nSPS) is 12.1. The van der Waals surface area contributed by atoms with Crippen LogP contribution in [0.25, 0.3) is 0 Å². The molecule has 0 aliphatic heterocycles. The fraction of sp³-hybridized carbons (Fsp3) is 0.417. The molecule has 0 saturated carbocycles. The minimum atomic E-state index is -4.02. The molecule has 0 aromatic heterocycles. The van der Waals surface area contributed by atoms with Crippen LogP contribution in [0.1, 0.15) is 38.8 Å². The molecule has 180 valence electrons. The molecule has 0 amide bonds. The first-order valence-electron chi connectivity index (χ1n) is 10.6. The van der Waals surface area contributed by atoms with Gasteiger partial charge in [-0.25, -0.2) is 17.3 Å². The first kappa shape index (κ1) is 26.9. The van der Waals surface area contributed by atoms with Crippen LogP contribution in [0, 0.1) is 18.6 Å². The molecule has 0 bridgehead atoms. The van der Waals surface area contributed by atoms with Crippen molar-refractivity contribution in [2.45, 2.75) is 44.9 Å². The minimum Gasteiger partial charge on any atom is -0.497 e. The van der Waals surface area contributed by atoms with Crippen LogP contribution in [-0.2, 0) is 29.1 Å². The highest BCUT2D eigenvalue weighted by Gasteiger charge is 2.31. The molecule has 7 nitrogen and oxygen atoms in total. The predicted octanol–water partition coefficient (Wildman–Crippen LogP) is 5.16. The number of aryl methyl sites for hydroxylation is 1. The molecule has 0 heterocycles. The lowest BCUT2D eigenvalue weighted by Crippen LogP contribution is -2.38. The van der Waals surface area contributed by atoms with E-state index in [0.717, 1.165) is 15.4 Å². The summed E-state index contributed by atoms with van der Waals surface area (Å²) in [5, 5.41) is 0. The third kappa shape index (κ3) is 7.09. The zero-order chi connectivity index (χ0) is 24.7. The Kier molecular flexibility index (Phi) is 9.16. The van der Waals surface area contributed by atoms with Crippen molar-refractivity contribution in [1.29, 1.82) is 0 Å². The summed E-state index contributed by atoms with van der Waals surface area (Å²) >= 11 is 0. The van der Waals surface area contributed by atoms with E-state index in [1.807, 2.05) is 45.0 Å². The summed E-state index contributed by atoms with van der Waals surface area (Å²) in [6, 6.07) is 16.5. The van der Waals surface area contributed by atoms with Crippen molar-refractivity contribution in [3.8, 4) is 17.5 Å². The summed E-state index contributed by atoms with van der Waals surface area (Å²) in [5.74, 6) is 0.702. The Labute approximate surface area is 197 Å². The molecule has 0 fully saturated rings. The lowest BCUT2D eigenvalue weighted by Gasteiger charge is -2.30. The van der Waals surface area contributed by atoms with Crippen molar-refractivity contribution in [1.82, 2.24) is 4.31 Å². The van der Waals surface area contributed by atoms with Gasteiger partial charge >= 0.3 is 7.60 Å². The van der Waals surface area contributed by atoms with E-state index in [1.165, 1.54) is 12.1 Å². The summed E-state index contributed by atoms with van der Waals surface area (Å²) in [4.78, 5) is 0.0931. The topological polar surface area (TPSA) is 82.1 Å². The number of methoxy groups -OCH3 is 1. The standard InChI is InChI=1S/C24H32NO6PS/c1-7-30-32(26,31-8-2)18-17-25(33(27,28)23-15-9-20(3)10-16-23)19-24(4,5)21-11-13-22(29-6)14-12-21/h9-16H,7-8,19H2,1-6H3. The van der Waals surface area contributed by atoms with Gasteiger partial charge < -0.3 is 4.74 Å². The monoisotopic (exact) mass is 493 g/mol. The molecular formula is C24H32NO6PS. The van der Waals surface area contributed by atoms with Gasteiger partial charge in [-0.05, 0) is 50.6 Å². The molecule has 9 heteroatoms. The van der Waals surface area contributed by atoms with Gasteiger partial charge in [-0.3, -0.25) is 9.05 Å². The van der Waals surface area contributed by atoms with Crippen molar-refractivity contribution in [3.63, 3.8) is 0 Å². The molecule has 0 unspecified atom stereocenters. The summed E-state index contributed by atoms with van der Waals surface area (Å²) in [5.41, 5.74) is 3.67. The molecule has 0 saturated heterocycles. The Morgan fingerprint density at radius 2 is 1.52 bits per heavy atom. The SMILES string of the molecule is CCOP(=O)(C#CN(CC(C)(C)c1ccc(OC)cc1)S(=O)(=O)c1ccc(C)cc1)OCC. The number of ether oxygens (including phenoxy) is 1. The van der Waals surface area contributed by atoms with Crippen molar-refractivity contribution >= 4 is 17.6 Å². The van der Waals surface area contributed by atoms with Gasteiger partial charge in [0.15, 0.2) is 0 Å². The van der Waals surface area contributed by atoms with E-state index in [4.69, 9.17) is 13.8 Å². The Hall–Kier alpha value is -2.30. The fourth-order valence-corrected chi connectivity index (χ4v) is 5.66. The van der Waals surface area contributed by atoms with Crippen LogP contribution in [0.4, 0.5) is 0 Å². The van der Waals surface area contributed by atoms with E-state index in [9.17, 15) is 13.0 Å². The van der Waals surface area contributed by atoms with Crippen LogP contribution in [0.2, 0.25) is 0 Å². The Bertz CT molecular complexity index is 1120. The van der Waals surface area contributed by atoms with E-state index < -0.39 is 23.0 Å². The third-order valence-corrected chi connectivity index (χ3v) is 8.17. The zero-order valence-corrected chi connectivity index (χ0v) is 21.7. The van der Waals surface area contributed by atoms with Crippen LogP contribution in [0.5, 0.6) is 5.75 Å². The minimum absolute atomic E-state index is 0.0147. The van der Waals surface area contributed by atoms with E-state index in [0.29, 0.717) is 5.75 Å². The summed E-state index contributed by atoms with van der Waals surface area (Å²) in [7, 11) is -6.21. The van der Waals surface area contributed by atoms with E-state index in [2.05, 4.69) is 11.7 Å². The molecule has 33 heavy (non-hydrogen) atoms. The number of sulfonamides is 1. The van der Waals surface area contributed by atoms with Crippen molar-refractivity contribution in [2.75, 3.05) is 26.9 Å². The smallest absolute Gasteiger partial charge is 0.407 e. The molecular weight excluding hydrogens is 461 g/mol. The maximum atomic E-state index is 13.5. The van der Waals surface area contributed by atoms with Crippen LogP contribution >= 0.6 is 7.60 Å². The quantitative estimate of drug-likeness (QED) is 0.258. The largest absolute Gasteiger partial charge is 0.497 e. The van der Waals surface area contributed by atoms with Crippen LogP contribution in [0.3, 0.4) is 0 Å². The fourth-order valence-electron chi connectivity index (χ4n) is 3.07.